The third-order valence-electron chi connectivity index (χ3n) is 3.53. The molecule has 0 spiro atoms. The van der Waals surface area contributed by atoms with Gasteiger partial charge in [0.25, 0.3) is 0 Å². The molecular weight excluding hydrogens is 296 g/mol. The Kier molecular flexibility index (Phi) is 4.94. The molecule has 0 unspecified atom stereocenters. The number of hydrogen-bond donors (Lipinski definition) is 2. The lowest BCUT2D eigenvalue weighted by atomic mass is 10.1. The number of aliphatic hydroxyl groups is 1. The van der Waals surface area contributed by atoms with Crippen LogP contribution in [0.3, 0.4) is 0 Å². The molecular formula is C17H24N2O4. The van der Waals surface area contributed by atoms with Crippen LogP contribution in [0.1, 0.15) is 32.8 Å². The molecule has 2 rings (SSSR count). The first-order chi connectivity index (χ1) is 10.7. The average Bonchev–Trinajstić information content (AvgIpc) is 2.82. The third-order valence-corrected chi connectivity index (χ3v) is 3.53. The number of aryl methyl sites for hydroxylation is 1. The number of aliphatic hydroxyl groups excluding tert-OH is 1. The van der Waals surface area contributed by atoms with Gasteiger partial charge in [-0.25, -0.2) is 4.79 Å². The van der Waals surface area contributed by atoms with Crippen LogP contribution in [-0.2, 0) is 9.53 Å². The molecule has 1 aliphatic rings. The molecule has 0 radical (unpaired) electrons. The molecule has 2 atom stereocenters. The Balaban J connectivity index is 2.07. The van der Waals surface area contributed by atoms with Gasteiger partial charge in [-0.2, -0.15) is 0 Å². The predicted molar refractivity (Wildman–Crippen MR) is 87.2 cm³/mol. The summed E-state index contributed by atoms with van der Waals surface area (Å²) < 4.78 is 5.31. The minimum Gasteiger partial charge on any atom is -0.444 e. The Morgan fingerprint density at radius 2 is 1.87 bits per heavy atom. The van der Waals surface area contributed by atoms with E-state index in [-0.39, 0.29) is 18.9 Å². The lowest BCUT2D eigenvalue weighted by Gasteiger charge is -2.27. The first-order valence-electron chi connectivity index (χ1n) is 7.71. The summed E-state index contributed by atoms with van der Waals surface area (Å²) in [5.41, 5.74) is 1.10. The summed E-state index contributed by atoms with van der Waals surface area (Å²) in [6.07, 6.45) is -1.11. The van der Waals surface area contributed by atoms with Gasteiger partial charge in [-0.3, -0.25) is 9.69 Å². The van der Waals surface area contributed by atoms with Crippen molar-refractivity contribution in [2.24, 2.45) is 0 Å². The van der Waals surface area contributed by atoms with Crippen LogP contribution in [0.2, 0.25) is 0 Å². The van der Waals surface area contributed by atoms with E-state index in [2.05, 4.69) is 5.32 Å². The summed E-state index contributed by atoms with van der Waals surface area (Å²) in [4.78, 5) is 26.0. The van der Waals surface area contributed by atoms with Gasteiger partial charge in [0.05, 0.1) is 12.6 Å². The van der Waals surface area contributed by atoms with Crippen LogP contribution in [0.4, 0.5) is 10.5 Å². The zero-order chi connectivity index (χ0) is 17.2. The number of β-amino-alcohol motifs (C(OH)–C–C–N with tert-alkyl or cyclic N) is 1. The Morgan fingerprint density at radius 1 is 1.26 bits per heavy atom. The number of nitrogens with zero attached hydrogens (tertiary/aromatic N) is 1. The molecule has 0 saturated carbocycles. The molecule has 1 heterocycles. The first-order valence-corrected chi connectivity index (χ1v) is 7.71. The Morgan fingerprint density at radius 3 is 2.43 bits per heavy atom. The Bertz CT molecular complexity index is 577. The summed E-state index contributed by atoms with van der Waals surface area (Å²) >= 11 is 0. The van der Waals surface area contributed by atoms with Crippen molar-refractivity contribution in [3.63, 3.8) is 0 Å². The van der Waals surface area contributed by atoms with E-state index in [4.69, 9.17) is 4.74 Å². The molecule has 1 saturated heterocycles. The lowest BCUT2D eigenvalue weighted by Crippen LogP contribution is -2.45. The van der Waals surface area contributed by atoms with Crippen molar-refractivity contribution in [3.05, 3.63) is 29.8 Å². The third kappa shape index (κ3) is 4.69. The number of amides is 2. The smallest absolute Gasteiger partial charge is 0.411 e. The standard InChI is InChI=1S/C17H24N2O4/c1-11-5-7-12(8-6-11)18-15(21)14-9-13(20)10-19(14)16(22)23-17(2,3)4/h5-8,13-14,20H,9-10H2,1-4H3,(H,18,21)/t13-,14-/m0/s1. The Hall–Kier alpha value is -2.08. The van der Waals surface area contributed by atoms with Crippen LogP contribution in [0.25, 0.3) is 0 Å². The molecule has 0 bridgehead atoms. The highest BCUT2D eigenvalue weighted by Crippen LogP contribution is 2.23. The maximum absolute atomic E-state index is 12.5. The highest BCUT2D eigenvalue weighted by atomic mass is 16.6. The minimum absolute atomic E-state index is 0.0981. The van der Waals surface area contributed by atoms with Crippen LogP contribution in [-0.4, -0.2) is 46.3 Å². The predicted octanol–water partition coefficient (Wildman–Crippen LogP) is 2.30. The number of benzene rings is 1. The van der Waals surface area contributed by atoms with Crippen LogP contribution in [0.15, 0.2) is 24.3 Å². The van der Waals surface area contributed by atoms with Crippen molar-refractivity contribution in [2.45, 2.75) is 51.9 Å². The van der Waals surface area contributed by atoms with Crippen LogP contribution >= 0.6 is 0 Å². The summed E-state index contributed by atoms with van der Waals surface area (Å²) in [7, 11) is 0. The minimum atomic E-state index is -0.735. The quantitative estimate of drug-likeness (QED) is 0.876. The molecule has 6 heteroatoms. The topological polar surface area (TPSA) is 78.9 Å². The molecule has 2 amide bonds. The number of anilines is 1. The van der Waals surface area contributed by atoms with Crippen LogP contribution in [0, 0.1) is 6.92 Å². The summed E-state index contributed by atoms with van der Waals surface area (Å²) in [5.74, 6) is -0.323. The van der Waals surface area contributed by atoms with E-state index in [1.54, 1.807) is 32.9 Å². The van der Waals surface area contributed by atoms with Gasteiger partial charge in [0.2, 0.25) is 5.91 Å². The molecule has 1 fully saturated rings. The summed E-state index contributed by atoms with van der Waals surface area (Å²) in [6.45, 7) is 7.35. The van der Waals surface area contributed by atoms with E-state index < -0.39 is 23.8 Å². The van der Waals surface area contributed by atoms with E-state index in [0.717, 1.165) is 5.56 Å². The second-order valence-electron chi connectivity index (χ2n) is 6.89. The normalized spacial score (nSPS) is 21.2. The Labute approximate surface area is 136 Å². The molecule has 1 aromatic carbocycles. The van der Waals surface area contributed by atoms with Crippen molar-refractivity contribution in [1.29, 1.82) is 0 Å². The second-order valence-corrected chi connectivity index (χ2v) is 6.89. The molecule has 0 aromatic heterocycles. The van der Waals surface area contributed by atoms with Gasteiger partial charge in [-0.05, 0) is 39.8 Å². The van der Waals surface area contributed by atoms with Crippen LogP contribution in [0.5, 0.6) is 0 Å². The van der Waals surface area contributed by atoms with E-state index in [9.17, 15) is 14.7 Å². The maximum atomic E-state index is 12.5. The zero-order valence-electron chi connectivity index (χ0n) is 14.0. The number of ether oxygens (including phenoxy) is 1. The highest BCUT2D eigenvalue weighted by Gasteiger charge is 2.40. The van der Waals surface area contributed by atoms with Gasteiger partial charge in [0.1, 0.15) is 11.6 Å². The number of nitrogens with one attached hydrogen (secondary N) is 1. The monoisotopic (exact) mass is 320 g/mol. The van der Waals surface area contributed by atoms with Crippen molar-refractivity contribution < 1.29 is 19.4 Å². The highest BCUT2D eigenvalue weighted by molar-refractivity contribution is 5.97. The van der Waals surface area contributed by atoms with Gasteiger partial charge in [-0.1, -0.05) is 17.7 Å². The van der Waals surface area contributed by atoms with E-state index in [1.165, 1.54) is 4.90 Å². The van der Waals surface area contributed by atoms with E-state index >= 15 is 0 Å². The molecule has 2 N–H and O–H groups in total. The number of carbonyl (C=O) groups excluding carboxylic acids is 2. The average molecular weight is 320 g/mol. The lowest BCUT2D eigenvalue weighted by molar-refractivity contribution is -0.120. The van der Waals surface area contributed by atoms with Gasteiger partial charge in [-0.15, -0.1) is 0 Å². The van der Waals surface area contributed by atoms with Gasteiger partial charge >= 0.3 is 6.09 Å². The van der Waals surface area contributed by atoms with Crippen molar-refractivity contribution >= 4 is 17.7 Å². The van der Waals surface area contributed by atoms with E-state index in [0.29, 0.717) is 5.69 Å². The fourth-order valence-corrected chi connectivity index (χ4v) is 2.45. The molecule has 6 nitrogen and oxygen atoms in total. The van der Waals surface area contributed by atoms with E-state index in [1.807, 2.05) is 19.1 Å². The van der Waals surface area contributed by atoms with Gasteiger partial charge in [0.15, 0.2) is 0 Å². The summed E-state index contributed by atoms with van der Waals surface area (Å²) in [5, 5.41) is 12.6. The molecule has 23 heavy (non-hydrogen) atoms. The van der Waals surface area contributed by atoms with Gasteiger partial charge in [0, 0.05) is 12.1 Å². The maximum Gasteiger partial charge on any atom is 0.411 e. The molecule has 0 aliphatic carbocycles. The number of hydrogen-bond acceptors (Lipinski definition) is 4. The SMILES string of the molecule is Cc1ccc(NC(=O)[C@@H]2C[C@H](O)CN2C(=O)OC(C)(C)C)cc1. The molecule has 1 aliphatic heterocycles. The van der Waals surface area contributed by atoms with Crippen molar-refractivity contribution in [3.8, 4) is 0 Å². The largest absolute Gasteiger partial charge is 0.444 e. The van der Waals surface area contributed by atoms with Gasteiger partial charge < -0.3 is 15.2 Å². The fraction of sp³-hybridized carbons (Fsp3) is 0.529. The fourth-order valence-electron chi connectivity index (χ4n) is 2.45. The van der Waals surface area contributed by atoms with Crippen LogP contribution < -0.4 is 5.32 Å². The summed E-state index contributed by atoms with van der Waals surface area (Å²) in [6, 6.07) is 6.66. The first kappa shape index (κ1) is 17.3. The number of likely N-dealkylation sites (tertiary alicyclic amines) is 1. The number of rotatable bonds is 2. The zero-order valence-corrected chi connectivity index (χ0v) is 14.0. The van der Waals surface area contributed by atoms with Crippen molar-refractivity contribution in [2.75, 3.05) is 11.9 Å². The molecule has 1 aromatic rings. The number of carbonyl (C=O) groups is 2. The molecule has 126 valence electrons. The van der Waals surface area contributed by atoms with Crippen molar-refractivity contribution in [1.82, 2.24) is 4.90 Å². The second kappa shape index (κ2) is 6.58.